The molecule has 7 heteroatoms. The summed E-state index contributed by atoms with van der Waals surface area (Å²) in [5.41, 5.74) is -0.504. The van der Waals surface area contributed by atoms with Gasteiger partial charge in [0.1, 0.15) is 12.1 Å². The summed E-state index contributed by atoms with van der Waals surface area (Å²) >= 11 is 3.40. The summed E-state index contributed by atoms with van der Waals surface area (Å²) in [6.45, 7) is 1.40. The fraction of sp³-hybridized carbons (Fsp3) is 0.400. The van der Waals surface area contributed by atoms with Crippen molar-refractivity contribution in [2.75, 3.05) is 6.54 Å². The molecule has 1 aromatic carbocycles. The van der Waals surface area contributed by atoms with Crippen molar-refractivity contribution in [1.82, 2.24) is 15.5 Å². The van der Waals surface area contributed by atoms with Gasteiger partial charge in [0.25, 0.3) is 5.91 Å². The molecule has 4 amide bonds. The van der Waals surface area contributed by atoms with Crippen LogP contribution in [0.3, 0.4) is 0 Å². The Hall–Kier alpha value is -1.89. The van der Waals surface area contributed by atoms with E-state index in [2.05, 4.69) is 26.6 Å². The normalized spacial score (nSPS) is 24.4. The first kappa shape index (κ1) is 15.0. The van der Waals surface area contributed by atoms with E-state index in [-0.39, 0.29) is 18.5 Å². The van der Waals surface area contributed by atoms with Gasteiger partial charge < -0.3 is 10.6 Å². The highest BCUT2D eigenvalue weighted by molar-refractivity contribution is 9.10. The van der Waals surface area contributed by atoms with Crippen LogP contribution in [0.1, 0.15) is 25.3 Å². The van der Waals surface area contributed by atoms with Crippen molar-refractivity contribution in [3.8, 4) is 0 Å². The summed E-state index contributed by atoms with van der Waals surface area (Å²) in [4.78, 5) is 37.6. The van der Waals surface area contributed by atoms with Gasteiger partial charge >= 0.3 is 6.03 Å². The van der Waals surface area contributed by atoms with E-state index in [0.717, 1.165) is 22.2 Å². The minimum absolute atomic E-state index is 0.197. The highest BCUT2D eigenvalue weighted by atomic mass is 79.9. The number of nitrogens with one attached hydrogen (secondary N) is 2. The monoisotopic (exact) mass is 365 g/mol. The van der Waals surface area contributed by atoms with E-state index in [4.69, 9.17) is 0 Å². The molecule has 116 valence electrons. The standard InChI is InChI=1S/C15H16BrN3O3/c1-15(10-4-2-3-5-11(10)16)13(21)19(14(22)18-15)8-12(20)17-9-6-7-9/h2-5,9H,6-8H2,1H3,(H,17,20)(H,18,22)/t15-/m0/s1. The third-order valence-electron chi connectivity index (χ3n) is 3.93. The van der Waals surface area contributed by atoms with Crippen molar-refractivity contribution in [2.45, 2.75) is 31.3 Å². The Kier molecular flexibility index (Phi) is 3.68. The van der Waals surface area contributed by atoms with Gasteiger partial charge in [-0.25, -0.2) is 4.79 Å². The second kappa shape index (κ2) is 5.39. The summed E-state index contributed by atoms with van der Waals surface area (Å²) in [5, 5.41) is 5.47. The van der Waals surface area contributed by atoms with E-state index in [9.17, 15) is 14.4 Å². The van der Waals surface area contributed by atoms with Gasteiger partial charge in [-0.15, -0.1) is 0 Å². The first-order chi connectivity index (χ1) is 10.4. The van der Waals surface area contributed by atoms with Crippen LogP contribution in [-0.2, 0) is 15.1 Å². The zero-order valence-corrected chi connectivity index (χ0v) is 13.6. The smallest absolute Gasteiger partial charge is 0.325 e. The first-order valence-electron chi connectivity index (χ1n) is 7.10. The molecule has 3 rings (SSSR count). The molecule has 1 aromatic rings. The molecule has 2 fully saturated rings. The summed E-state index contributed by atoms with van der Waals surface area (Å²) in [5.74, 6) is -0.724. The largest absolute Gasteiger partial charge is 0.352 e. The Bertz CT molecular complexity index is 659. The average molecular weight is 366 g/mol. The molecule has 0 spiro atoms. The van der Waals surface area contributed by atoms with Crippen molar-refractivity contribution in [3.63, 3.8) is 0 Å². The van der Waals surface area contributed by atoms with Gasteiger partial charge in [-0.1, -0.05) is 34.1 Å². The summed E-state index contributed by atoms with van der Waals surface area (Å²) in [6.07, 6.45) is 1.92. The van der Waals surface area contributed by atoms with Crippen molar-refractivity contribution < 1.29 is 14.4 Å². The lowest BCUT2D eigenvalue weighted by Gasteiger charge is -2.23. The van der Waals surface area contributed by atoms with Gasteiger partial charge in [-0.3, -0.25) is 14.5 Å². The molecule has 6 nitrogen and oxygen atoms in total. The van der Waals surface area contributed by atoms with Gasteiger partial charge in [-0.05, 0) is 25.8 Å². The maximum absolute atomic E-state index is 12.7. The topological polar surface area (TPSA) is 78.5 Å². The lowest BCUT2D eigenvalue weighted by atomic mass is 9.92. The molecule has 1 aliphatic heterocycles. The molecule has 2 aliphatic rings. The number of carbonyl (C=O) groups is 3. The number of benzene rings is 1. The maximum Gasteiger partial charge on any atom is 0.325 e. The van der Waals surface area contributed by atoms with Crippen LogP contribution in [0, 0.1) is 0 Å². The quantitative estimate of drug-likeness (QED) is 0.793. The Morgan fingerprint density at radius 3 is 2.73 bits per heavy atom. The van der Waals surface area contributed by atoms with Crippen LogP contribution in [0.25, 0.3) is 0 Å². The second-order valence-corrected chi connectivity index (χ2v) is 6.62. The predicted octanol–water partition coefficient (Wildman–Crippen LogP) is 1.49. The van der Waals surface area contributed by atoms with E-state index < -0.39 is 17.5 Å². The molecule has 22 heavy (non-hydrogen) atoms. The van der Waals surface area contributed by atoms with Gasteiger partial charge in [0.2, 0.25) is 5.91 Å². The molecule has 0 unspecified atom stereocenters. The Morgan fingerprint density at radius 1 is 1.41 bits per heavy atom. The van der Waals surface area contributed by atoms with Crippen molar-refractivity contribution in [2.24, 2.45) is 0 Å². The highest BCUT2D eigenvalue weighted by Gasteiger charge is 2.50. The van der Waals surface area contributed by atoms with Crippen LogP contribution in [-0.4, -0.2) is 35.3 Å². The molecule has 2 N–H and O–H groups in total. The van der Waals surface area contributed by atoms with Crippen LogP contribution < -0.4 is 10.6 Å². The number of amides is 4. The van der Waals surface area contributed by atoms with Crippen LogP contribution in [0.4, 0.5) is 4.79 Å². The number of hydrogen-bond donors (Lipinski definition) is 2. The molecule has 1 atom stereocenters. The average Bonchev–Trinajstić information content (AvgIpc) is 3.24. The van der Waals surface area contributed by atoms with Gasteiger partial charge in [0.15, 0.2) is 0 Å². The SMILES string of the molecule is C[C@@]1(c2ccccc2Br)NC(=O)N(CC(=O)NC2CC2)C1=O. The van der Waals surface area contributed by atoms with Crippen LogP contribution >= 0.6 is 15.9 Å². The summed E-state index contributed by atoms with van der Waals surface area (Å²) in [7, 11) is 0. The predicted molar refractivity (Wildman–Crippen MR) is 82.9 cm³/mol. The number of rotatable bonds is 4. The molecule has 0 radical (unpaired) electrons. The van der Waals surface area contributed by atoms with Crippen molar-refractivity contribution in [3.05, 3.63) is 34.3 Å². The van der Waals surface area contributed by atoms with Crippen LogP contribution in [0.15, 0.2) is 28.7 Å². The minimum Gasteiger partial charge on any atom is -0.352 e. The Balaban J connectivity index is 1.81. The molecule has 1 heterocycles. The van der Waals surface area contributed by atoms with E-state index in [0.29, 0.717) is 5.56 Å². The lowest BCUT2D eigenvalue weighted by Crippen LogP contribution is -2.43. The Morgan fingerprint density at radius 2 is 2.09 bits per heavy atom. The fourth-order valence-electron chi connectivity index (χ4n) is 2.53. The van der Waals surface area contributed by atoms with E-state index in [1.165, 1.54) is 0 Å². The number of carbonyl (C=O) groups excluding carboxylic acids is 3. The molecule has 1 saturated carbocycles. The fourth-order valence-corrected chi connectivity index (χ4v) is 3.22. The zero-order chi connectivity index (χ0) is 15.9. The third-order valence-corrected chi connectivity index (χ3v) is 4.62. The van der Waals surface area contributed by atoms with Crippen LogP contribution in [0.2, 0.25) is 0 Å². The van der Waals surface area contributed by atoms with E-state index >= 15 is 0 Å². The molecule has 0 aromatic heterocycles. The first-order valence-corrected chi connectivity index (χ1v) is 7.89. The number of hydrogen-bond acceptors (Lipinski definition) is 3. The number of urea groups is 1. The van der Waals surface area contributed by atoms with E-state index in [1.54, 1.807) is 19.1 Å². The number of nitrogens with zero attached hydrogens (tertiary/aromatic N) is 1. The van der Waals surface area contributed by atoms with Crippen LogP contribution in [0.5, 0.6) is 0 Å². The lowest BCUT2D eigenvalue weighted by molar-refractivity contribution is -0.134. The molecule has 1 saturated heterocycles. The third kappa shape index (κ3) is 2.61. The molecular weight excluding hydrogens is 350 g/mol. The minimum atomic E-state index is -1.17. The number of imide groups is 1. The Labute approximate surface area is 136 Å². The number of halogens is 1. The van der Waals surface area contributed by atoms with E-state index in [1.807, 2.05) is 12.1 Å². The summed E-state index contributed by atoms with van der Waals surface area (Å²) < 4.78 is 0.732. The second-order valence-electron chi connectivity index (χ2n) is 5.77. The van der Waals surface area contributed by atoms with Gasteiger partial charge in [0, 0.05) is 16.1 Å². The summed E-state index contributed by atoms with van der Waals surface area (Å²) in [6, 6.07) is 6.86. The van der Waals surface area contributed by atoms with Crippen molar-refractivity contribution >= 4 is 33.8 Å². The maximum atomic E-state index is 12.7. The molecule has 1 aliphatic carbocycles. The highest BCUT2D eigenvalue weighted by Crippen LogP contribution is 2.33. The van der Waals surface area contributed by atoms with Crippen molar-refractivity contribution in [1.29, 1.82) is 0 Å². The zero-order valence-electron chi connectivity index (χ0n) is 12.1. The molecule has 0 bridgehead atoms. The molecular formula is C15H16BrN3O3. The van der Waals surface area contributed by atoms with Gasteiger partial charge in [0.05, 0.1) is 0 Å². The van der Waals surface area contributed by atoms with Gasteiger partial charge in [-0.2, -0.15) is 0 Å².